The first-order chi connectivity index (χ1) is 17.9. The molecule has 1 aromatic rings. The lowest BCUT2D eigenvalue weighted by atomic mass is 9.84. The van der Waals surface area contributed by atoms with Crippen molar-refractivity contribution >= 4 is 43.1 Å². The van der Waals surface area contributed by atoms with Crippen molar-refractivity contribution in [3.05, 3.63) is 41.0 Å². The zero-order valence-corrected chi connectivity index (χ0v) is 26.1. The Balaban J connectivity index is 2.10. The van der Waals surface area contributed by atoms with Crippen molar-refractivity contribution in [3.63, 3.8) is 0 Å². The molecule has 2 aliphatic rings. The molecule has 0 saturated heterocycles. The highest BCUT2D eigenvalue weighted by Crippen LogP contribution is 2.67. The average molecular weight is 583 g/mol. The van der Waals surface area contributed by atoms with E-state index in [1.54, 1.807) is 27.7 Å². The van der Waals surface area contributed by atoms with Crippen LogP contribution in [0.4, 0.5) is 13.6 Å². The number of hydrogen-bond donors (Lipinski definition) is 0. The van der Waals surface area contributed by atoms with E-state index in [-0.39, 0.29) is 17.5 Å². The minimum atomic E-state index is -1.39. The van der Waals surface area contributed by atoms with Crippen LogP contribution in [0, 0.1) is 11.7 Å². The van der Waals surface area contributed by atoms with Gasteiger partial charge in [-0.1, -0.05) is 37.5 Å². The first-order valence-electron chi connectivity index (χ1n) is 13.0. The lowest BCUT2D eigenvalue weighted by Gasteiger charge is -2.37. The molecule has 1 heterocycles. The molecule has 3 atom stereocenters. The number of thioether (sulfide) groups is 1. The van der Waals surface area contributed by atoms with Gasteiger partial charge in [-0.2, -0.15) is 0 Å². The number of rotatable bonds is 8. The number of methoxy groups -OCH3 is 1. The van der Waals surface area contributed by atoms with Gasteiger partial charge in [0.15, 0.2) is 5.17 Å². The second-order valence-corrected chi connectivity index (χ2v) is 19.4. The zero-order valence-electron chi connectivity index (χ0n) is 24.3. The van der Waals surface area contributed by atoms with Gasteiger partial charge in [0.05, 0.1) is 18.5 Å². The Morgan fingerprint density at radius 2 is 1.95 bits per heavy atom. The Morgan fingerprint density at radius 1 is 1.28 bits per heavy atom. The average Bonchev–Trinajstić information content (AvgIpc) is 3.54. The number of aliphatic imine (C=N–C) groups is 1. The van der Waals surface area contributed by atoms with Gasteiger partial charge in [-0.3, -0.25) is 9.79 Å². The molecule has 7 nitrogen and oxygen atoms in total. The molecule has 3 rings (SSSR count). The van der Waals surface area contributed by atoms with Crippen molar-refractivity contribution in [2.24, 2.45) is 10.9 Å². The summed E-state index contributed by atoms with van der Waals surface area (Å²) >= 11 is 1.12. The molecule has 0 bridgehead atoms. The first kappa shape index (κ1) is 31.3. The van der Waals surface area contributed by atoms with E-state index in [1.165, 1.54) is 43.2 Å². The van der Waals surface area contributed by atoms with Crippen LogP contribution in [0.3, 0.4) is 0 Å². The largest absolute Gasteiger partial charge is 0.468 e. The van der Waals surface area contributed by atoms with Crippen molar-refractivity contribution in [1.29, 1.82) is 0 Å². The minimum Gasteiger partial charge on any atom is -0.468 e. The fourth-order valence-electron chi connectivity index (χ4n) is 4.56. The molecule has 0 aromatic heterocycles. The number of hydrogen-bond acceptors (Lipinski definition) is 7. The molecule has 1 amide bonds. The van der Waals surface area contributed by atoms with E-state index in [1.807, 2.05) is 0 Å². The summed E-state index contributed by atoms with van der Waals surface area (Å²) in [7, 11) is -0.0879. The maximum absolute atomic E-state index is 15.4. The van der Waals surface area contributed by atoms with Crippen molar-refractivity contribution in [1.82, 2.24) is 4.90 Å². The van der Waals surface area contributed by atoms with Gasteiger partial charge in [-0.25, -0.2) is 18.5 Å². The molecule has 39 heavy (non-hydrogen) atoms. The summed E-state index contributed by atoms with van der Waals surface area (Å²) in [6.45, 7) is 15.3. The van der Waals surface area contributed by atoms with E-state index in [9.17, 15) is 14.0 Å². The maximum Gasteiger partial charge on any atom is 0.418 e. The van der Waals surface area contributed by atoms with Crippen LogP contribution in [0.25, 0.3) is 6.08 Å². The van der Waals surface area contributed by atoms with Crippen LogP contribution in [0.1, 0.15) is 52.2 Å². The number of esters is 1. The topological polar surface area (TPSA) is 77.4 Å². The predicted molar refractivity (Wildman–Crippen MR) is 153 cm³/mol. The Labute approximate surface area is 235 Å². The Bertz CT molecular complexity index is 1180. The highest BCUT2D eigenvalue weighted by Gasteiger charge is 2.72. The second kappa shape index (κ2) is 11.3. The lowest BCUT2D eigenvalue weighted by Crippen LogP contribution is -2.47. The molecule has 1 fully saturated rings. The van der Waals surface area contributed by atoms with E-state index in [4.69, 9.17) is 19.2 Å². The quantitative estimate of drug-likeness (QED) is 0.143. The number of benzene rings is 1. The van der Waals surface area contributed by atoms with Crippen molar-refractivity contribution in [3.8, 4) is 0 Å². The normalized spacial score (nSPS) is 24.9. The highest BCUT2D eigenvalue weighted by atomic mass is 32.2. The van der Waals surface area contributed by atoms with Gasteiger partial charge in [0, 0.05) is 26.2 Å². The van der Waals surface area contributed by atoms with Gasteiger partial charge >= 0.3 is 12.1 Å². The number of allylic oxidation sites excluding steroid dienone is 1. The summed E-state index contributed by atoms with van der Waals surface area (Å²) in [6, 6.07) is 5.17. The number of carbonyl (C=O) groups is 2. The highest BCUT2D eigenvalue weighted by molar-refractivity contribution is 8.15. The maximum atomic E-state index is 15.4. The predicted octanol–water partition coefficient (Wildman–Crippen LogP) is 6.96. The van der Waals surface area contributed by atoms with Gasteiger partial charge in [-0.15, -0.1) is 0 Å². The summed E-state index contributed by atoms with van der Waals surface area (Å²) < 4.78 is 44.7. The molecular weight excluding hydrogens is 542 g/mol. The van der Waals surface area contributed by atoms with Crippen LogP contribution in [0.5, 0.6) is 0 Å². The molecule has 216 valence electrons. The Morgan fingerprint density at radius 3 is 2.51 bits per heavy atom. The van der Waals surface area contributed by atoms with E-state index >= 15 is 4.39 Å². The molecule has 0 radical (unpaired) electrons. The van der Waals surface area contributed by atoms with Crippen LogP contribution in [0.15, 0.2) is 29.0 Å². The summed E-state index contributed by atoms with van der Waals surface area (Å²) in [6.07, 6.45) is 0.982. The first-order valence-corrected chi connectivity index (χ1v) is 17.5. The molecule has 1 saturated carbocycles. The van der Waals surface area contributed by atoms with E-state index in [0.29, 0.717) is 18.6 Å². The molecule has 1 aliphatic heterocycles. The number of amidine groups is 1. The SMILES string of the molecule is COC(=O)[C@]12C[C@H]1[C@@](C)(c1cc(/C=C(/C)F)ccc1F)N=C(N(COCC[Si](C)(C)C)C(=O)OC(C)(C)C)S2. The van der Waals surface area contributed by atoms with Crippen molar-refractivity contribution in [2.75, 3.05) is 20.4 Å². The smallest absolute Gasteiger partial charge is 0.418 e. The van der Waals surface area contributed by atoms with Gasteiger partial charge in [-0.05, 0) is 70.9 Å². The third-order valence-electron chi connectivity index (χ3n) is 6.68. The molecule has 1 aromatic carbocycles. The summed E-state index contributed by atoms with van der Waals surface area (Å²) in [5.74, 6) is -1.85. The van der Waals surface area contributed by atoms with Gasteiger partial charge in [0.25, 0.3) is 0 Å². The van der Waals surface area contributed by atoms with Crippen molar-refractivity contribution in [2.45, 2.75) is 82.6 Å². The number of ether oxygens (including phenoxy) is 3. The molecular formula is C28H40F2N2O5SSi. The van der Waals surface area contributed by atoms with E-state index in [0.717, 1.165) is 17.8 Å². The van der Waals surface area contributed by atoms with Gasteiger partial charge < -0.3 is 14.2 Å². The molecule has 11 heteroatoms. The van der Waals surface area contributed by atoms with Crippen LogP contribution in [-0.2, 0) is 24.5 Å². The third-order valence-corrected chi connectivity index (χ3v) is 9.86. The van der Waals surface area contributed by atoms with Crippen molar-refractivity contribution < 1.29 is 32.6 Å². The number of nitrogens with zero attached hydrogens (tertiary/aromatic N) is 2. The Kier molecular flexibility index (Phi) is 9.09. The number of halogens is 2. The fourth-order valence-corrected chi connectivity index (χ4v) is 6.91. The molecule has 0 spiro atoms. The van der Waals surface area contributed by atoms with Gasteiger partial charge in [0.1, 0.15) is 22.9 Å². The Hall–Kier alpha value is -2.24. The second-order valence-electron chi connectivity index (χ2n) is 12.5. The van der Waals surface area contributed by atoms with Gasteiger partial charge in [0.2, 0.25) is 0 Å². The summed E-state index contributed by atoms with van der Waals surface area (Å²) in [4.78, 5) is 32.6. The van der Waals surface area contributed by atoms with Crippen LogP contribution >= 0.6 is 11.8 Å². The number of amides is 1. The lowest BCUT2D eigenvalue weighted by molar-refractivity contribution is -0.141. The summed E-state index contributed by atoms with van der Waals surface area (Å²) in [5, 5.41) is 0.181. The number of carbonyl (C=O) groups excluding carboxylic acids is 2. The standard InChI is InChI=1S/C28H40F2N2O5SSi/c1-18(29)14-19-10-11-21(30)20(15-19)27(5)22-16-28(22,23(33)35-6)38-24(31-27)32(25(34)37-26(2,3)4)17-36-12-13-39(7,8)9/h10-11,14-15,22H,12-13,16-17H2,1-9H3/b18-14-/t22-,27+,28-/m0/s1. The summed E-state index contributed by atoms with van der Waals surface area (Å²) in [5.41, 5.74) is -1.37. The molecule has 0 unspecified atom stereocenters. The number of fused-ring (bicyclic) bond motifs is 1. The minimum absolute atomic E-state index is 0.143. The van der Waals surface area contributed by atoms with Crippen LogP contribution in [-0.4, -0.2) is 61.0 Å². The molecule has 0 N–H and O–H groups in total. The monoisotopic (exact) mass is 582 g/mol. The van der Waals surface area contributed by atoms with Crippen LogP contribution in [0.2, 0.25) is 25.7 Å². The molecule has 1 aliphatic carbocycles. The fraction of sp³-hybridized carbons (Fsp3) is 0.607. The third kappa shape index (κ3) is 7.29. The zero-order chi connectivity index (χ0) is 29.4. The van der Waals surface area contributed by atoms with Crippen LogP contribution < -0.4 is 0 Å². The van der Waals surface area contributed by atoms with E-state index < -0.39 is 53.6 Å². The van der Waals surface area contributed by atoms with E-state index in [2.05, 4.69) is 19.6 Å².